The van der Waals surface area contributed by atoms with Crippen LogP contribution in [0.25, 0.3) is 0 Å². The minimum Gasteiger partial charge on any atom is -0.342 e. The number of rotatable bonds is 4. The van der Waals surface area contributed by atoms with Crippen LogP contribution in [0, 0.1) is 5.92 Å². The van der Waals surface area contributed by atoms with Crippen LogP contribution in [0.5, 0.6) is 0 Å². The number of hydrogen-bond acceptors (Lipinski definition) is 4. The average molecular weight is 310 g/mol. The second-order valence-electron chi connectivity index (χ2n) is 6.53. The Bertz CT molecular complexity index is 372. The van der Waals surface area contributed by atoms with Gasteiger partial charge in [0.25, 0.3) is 0 Å². The van der Waals surface area contributed by atoms with E-state index in [0.717, 1.165) is 39.0 Å². The standard InChI is InChI=1S/C16H30N4O2/c1-14(12-17)16(22)20-10-8-18(9-11-20)13-15(21)19-6-4-2-3-5-7-19/h14H,2-13,17H2,1H3. The maximum absolute atomic E-state index is 12.4. The van der Waals surface area contributed by atoms with Crippen LogP contribution >= 0.6 is 0 Å². The SMILES string of the molecule is CC(CN)C(=O)N1CCN(CC(=O)N2CCCCCC2)CC1. The van der Waals surface area contributed by atoms with E-state index in [1.54, 1.807) is 0 Å². The van der Waals surface area contributed by atoms with Gasteiger partial charge in [-0.1, -0.05) is 19.8 Å². The second-order valence-corrected chi connectivity index (χ2v) is 6.53. The van der Waals surface area contributed by atoms with Crippen LogP contribution in [0.4, 0.5) is 0 Å². The van der Waals surface area contributed by atoms with Gasteiger partial charge in [0, 0.05) is 51.7 Å². The first-order valence-electron chi connectivity index (χ1n) is 8.61. The molecule has 0 bridgehead atoms. The van der Waals surface area contributed by atoms with Gasteiger partial charge >= 0.3 is 0 Å². The monoisotopic (exact) mass is 310 g/mol. The number of carbonyl (C=O) groups is 2. The van der Waals surface area contributed by atoms with Gasteiger partial charge in [-0.15, -0.1) is 0 Å². The molecule has 1 atom stereocenters. The van der Waals surface area contributed by atoms with E-state index in [0.29, 0.717) is 26.2 Å². The molecule has 6 nitrogen and oxygen atoms in total. The zero-order valence-electron chi connectivity index (χ0n) is 13.8. The molecule has 0 radical (unpaired) electrons. The van der Waals surface area contributed by atoms with Crippen LogP contribution in [-0.2, 0) is 9.59 Å². The zero-order chi connectivity index (χ0) is 15.9. The molecule has 0 spiro atoms. The Morgan fingerprint density at radius 1 is 0.909 bits per heavy atom. The Morgan fingerprint density at radius 2 is 1.50 bits per heavy atom. The van der Waals surface area contributed by atoms with Gasteiger partial charge in [-0.25, -0.2) is 0 Å². The third kappa shape index (κ3) is 4.68. The molecule has 0 aromatic carbocycles. The van der Waals surface area contributed by atoms with Gasteiger partial charge in [-0.2, -0.15) is 0 Å². The number of piperazine rings is 1. The molecule has 0 aliphatic carbocycles. The first-order valence-corrected chi connectivity index (χ1v) is 8.61. The predicted molar refractivity (Wildman–Crippen MR) is 86.3 cm³/mol. The Labute approximate surface area is 133 Å². The highest BCUT2D eigenvalue weighted by Crippen LogP contribution is 2.11. The van der Waals surface area contributed by atoms with Crippen molar-refractivity contribution in [2.45, 2.75) is 32.6 Å². The summed E-state index contributed by atoms with van der Waals surface area (Å²) in [6.07, 6.45) is 4.74. The summed E-state index contributed by atoms with van der Waals surface area (Å²) in [5.41, 5.74) is 5.56. The van der Waals surface area contributed by atoms with Gasteiger partial charge in [-0.05, 0) is 12.8 Å². The molecule has 1 unspecified atom stereocenters. The average Bonchev–Trinajstić information content (AvgIpc) is 2.83. The molecule has 0 aromatic rings. The summed E-state index contributed by atoms with van der Waals surface area (Å²) >= 11 is 0. The molecule has 0 aromatic heterocycles. The Kier molecular flexibility index (Phi) is 6.64. The summed E-state index contributed by atoms with van der Waals surface area (Å²) in [5, 5.41) is 0. The molecule has 2 aliphatic heterocycles. The van der Waals surface area contributed by atoms with Crippen molar-refractivity contribution < 1.29 is 9.59 Å². The largest absolute Gasteiger partial charge is 0.342 e. The lowest BCUT2D eigenvalue weighted by atomic mass is 10.1. The highest BCUT2D eigenvalue weighted by molar-refractivity contribution is 5.79. The Balaban J connectivity index is 1.74. The molecule has 2 N–H and O–H groups in total. The van der Waals surface area contributed by atoms with Crippen molar-refractivity contribution in [1.29, 1.82) is 0 Å². The van der Waals surface area contributed by atoms with E-state index in [2.05, 4.69) is 4.90 Å². The van der Waals surface area contributed by atoms with E-state index in [4.69, 9.17) is 5.73 Å². The maximum Gasteiger partial charge on any atom is 0.236 e. The molecular weight excluding hydrogens is 280 g/mol. The number of nitrogens with zero attached hydrogens (tertiary/aromatic N) is 3. The van der Waals surface area contributed by atoms with Crippen LogP contribution in [0.2, 0.25) is 0 Å². The number of nitrogens with two attached hydrogens (primary N) is 1. The molecule has 2 saturated heterocycles. The summed E-state index contributed by atoms with van der Waals surface area (Å²) in [6, 6.07) is 0. The number of likely N-dealkylation sites (tertiary alicyclic amines) is 1. The van der Waals surface area contributed by atoms with Crippen molar-refractivity contribution in [3.63, 3.8) is 0 Å². The minimum atomic E-state index is -0.106. The van der Waals surface area contributed by atoms with Crippen molar-refractivity contribution in [3.8, 4) is 0 Å². The fraction of sp³-hybridized carbons (Fsp3) is 0.875. The van der Waals surface area contributed by atoms with Crippen molar-refractivity contribution in [1.82, 2.24) is 14.7 Å². The minimum absolute atomic E-state index is 0.106. The molecular formula is C16H30N4O2. The summed E-state index contributed by atoms with van der Waals surface area (Å²) in [5.74, 6) is 0.281. The van der Waals surface area contributed by atoms with E-state index >= 15 is 0 Å². The summed E-state index contributed by atoms with van der Waals surface area (Å²) < 4.78 is 0. The lowest BCUT2D eigenvalue weighted by Gasteiger charge is -2.36. The number of amides is 2. The van der Waals surface area contributed by atoms with E-state index in [-0.39, 0.29) is 17.7 Å². The molecule has 2 fully saturated rings. The maximum atomic E-state index is 12.4. The topological polar surface area (TPSA) is 69.9 Å². The number of hydrogen-bond donors (Lipinski definition) is 1. The van der Waals surface area contributed by atoms with Gasteiger partial charge in [-0.3, -0.25) is 14.5 Å². The van der Waals surface area contributed by atoms with E-state index < -0.39 is 0 Å². The highest BCUT2D eigenvalue weighted by atomic mass is 16.2. The van der Waals surface area contributed by atoms with E-state index in [1.807, 2.05) is 16.7 Å². The molecule has 22 heavy (non-hydrogen) atoms. The van der Waals surface area contributed by atoms with Gasteiger partial charge < -0.3 is 15.5 Å². The third-order valence-electron chi connectivity index (χ3n) is 4.78. The highest BCUT2D eigenvalue weighted by Gasteiger charge is 2.26. The number of carbonyl (C=O) groups excluding carboxylic acids is 2. The van der Waals surface area contributed by atoms with Gasteiger partial charge in [0.05, 0.1) is 6.54 Å². The van der Waals surface area contributed by atoms with Gasteiger partial charge in [0.2, 0.25) is 11.8 Å². The molecule has 126 valence electrons. The molecule has 2 amide bonds. The van der Waals surface area contributed by atoms with Crippen molar-refractivity contribution >= 4 is 11.8 Å². The first-order chi connectivity index (χ1) is 10.6. The fourth-order valence-corrected chi connectivity index (χ4v) is 3.15. The zero-order valence-corrected chi connectivity index (χ0v) is 13.8. The van der Waals surface area contributed by atoms with Crippen molar-refractivity contribution in [2.75, 3.05) is 52.4 Å². The Hall–Kier alpha value is -1.14. The smallest absolute Gasteiger partial charge is 0.236 e. The fourth-order valence-electron chi connectivity index (χ4n) is 3.15. The summed E-state index contributed by atoms with van der Waals surface area (Å²) in [4.78, 5) is 30.5. The van der Waals surface area contributed by atoms with Crippen LogP contribution in [-0.4, -0.2) is 78.9 Å². The second kappa shape index (κ2) is 8.48. The van der Waals surface area contributed by atoms with Crippen molar-refractivity contribution in [2.24, 2.45) is 11.7 Å². The van der Waals surface area contributed by atoms with Crippen molar-refractivity contribution in [3.05, 3.63) is 0 Å². The molecule has 2 rings (SSSR count). The molecule has 2 aliphatic rings. The summed E-state index contributed by atoms with van der Waals surface area (Å²) in [7, 11) is 0. The third-order valence-corrected chi connectivity index (χ3v) is 4.78. The lowest BCUT2D eigenvalue weighted by molar-refractivity contribution is -0.137. The molecule has 0 saturated carbocycles. The molecule has 6 heteroatoms. The van der Waals surface area contributed by atoms with Crippen LogP contribution in [0.15, 0.2) is 0 Å². The summed E-state index contributed by atoms with van der Waals surface area (Å²) in [6.45, 7) is 7.55. The van der Waals surface area contributed by atoms with Crippen LogP contribution < -0.4 is 5.73 Å². The Morgan fingerprint density at radius 3 is 2.05 bits per heavy atom. The van der Waals surface area contributed by atoms with Gasteiger partial charge in [0.15, 0.2) is 0 Å². The quantitative estimate of drug-likeness (QED) is 0.801. The van der Waals surface area contributed by atoms with E-state index in [9.17, 15) is 9.59 Å². The predicted octanol–water partition coefficient (Wildman–Crippen LogP) is 0.128. The first kappa shape index (κ1) is 17.2. The normalized spacial score (nSPS) is 22.3. The van der Waals surface area contributed by atoms with Crippen LogP contribution in [0.3, 0.4) is 0 Å². The molecule has 2 heterocycles. The lowest BCUT2D eigenvalue weighted by Crippen LogP contribution is -2.53. The van der Waals surface area contributed by atoms with Gasteiger partial charge in [0.1, 0.15) is 0 Å². The van der Waals surface area contributed by atoms with E-state index in [1.165, 1.54) is 12.8 Å². The van der Waals surface area contributed by atoms with Crippen LogP contribution in [0.1, 0.15) is 32.6 Å².